The van der Waals surface area contributed by atoms with E-state index in [1.807, 2.05) is 0 Å². The first-order valence-corrected chi connectivity index (χ1v) is 6.41. The zero-order valence-electron chi connectivity index (χ0n) is 10.9. The van der Waals surface area contributed by atoms with E-state index in [-0.39, 0.29) is 5.76 Å². The minimum absolute atomic E-state index is 0.257. The number of piperidine rings is 1. The van der Waals surface area contributed by atoms with Crippen LogP contribution < -0.4 is 5.32 Å². The van der Waals surface area contributed by atoms with E-state index in [0.717, 1.165) is 25.9 Å². The first kappa shape index (κ1) is 13.0. The summed E-state index contributed by atoms with van der Waals surface area (Å²) in [5, 5.41) is 3.32. The maximum atomic E-state index is 11.4. The summed E-state index contributed by atoms with van der Waals surface area (Å²) < 4.78 is 10.3. The molecule has 2 rings (SSSR count). The molecule has 0 amide bonds. The van der Waals surface area contributed by atoms with Crippen LogP contribution in [-0.4, -0.2) is 43.7 Å². The van der Waals surface area contributed by atoms with Gasteiger partial charge in [0.1, 0.15) is 0 Å². The van der Waals surface area contributed by atoms with Gasteiger partial charge in [-0.15, -0.1) is 0 Å². The molecule has 1 saturated heterocycles. The van der Waals surface area contributed by atoms with Gasteiger partial charge in [0.25, 0.3) is 0 Å². The summed E-state index contributed by atoms with van der Waals surface area (Å²) in [4.78, 5) is 13.8. The number of esters is 1. The van der Waals surface area contributed by atoms with Gasteiger partial charge in [-0.1, -0.05) is 0 Å². The van der Waals surface area contributed by atoms with E-state index in [2.05, 4.69) is 17.3 Å². The molecule has 0 aliphatic carbocycles. The summed E-state index contributed by atoms with van der Waals surface area (Å²) in [6.07, 6.45) is 2.18. The minimum atomic E-state index is -0.408. The van der Waals surface area contributed by atoms with Gasteiger partial charge < -0.3 is 19.4 Å². The third kappa shape index (κ3) is 3.26. The van der Waals surface area contributed by atoms with Gasteiger partial charge in [0.15, 0.2) is 5.88 Å². The summed E-state index contributed by atoms with van der Waals surface area (Å²) in [7, 11) is 2.13. The van der Waals surface area contributed by atoms with Crippen molar-refractivity contribution in [1.82, 2.24) is 4.90 Å². The third-order valence-corrected chi connectivity index (χ3v) is 3.15. The molecule has 0 atom stereocenters. The number of hydrogen-bond donors (Lipinski definition) is 1. The molecule has 100 valence electrons. The van der Waals surface area contributed by atoms with Gasteiger partial charge in [0.05, 0.1) is 6.61 Å². The largest absolute Gasteiger partial charge is 0.460 e. The van der Waals surface area contributed by atoms with Crippen LogP contribution in [0, 0.1) is 0 Å². The molecule has 5 heteroatoms. The summed E-state index contributed by atoms with van der Waals surface area (Å²) in [5.74, 6) is 0.494. The Balaban J connectivity index is 1.88. The average molecular weight is 252 g/mol. The Morgan fingerprint density at radius 3 is 2.89 bits per heavy atom. The monoisotopic (exact) mass is 252 g/mol. The average Bonchev–Trinajstić information content (AvgIpc) is 2.81. The van der Waals surface area contributed by atoms with Crippen molar-refractivity contribution in [2.75, 3.05) is 32.1 Å². The van der Waals surface area contributed by atoms with Crippen LogP contribution in [0.3, 0.4) is 0 Å². The number of rotatable bonds is 4. The molecule has 1 aliphatic heterocycles. The van der Waals surface area contributed by atoms with Crippen LogP contribution in [0.4, 0.5) is 5.88 Å². The standard InChI is InChI=1S/C13H20N2O3/c1-3-17-13(16)11-4-5-12(18-11)14-10-6-8-15(2)9-7-10/h4-5,10,14H,3,6-9H2,1-2H3. The van der Waals surface area contributed by atoms with Crippen LogP contribution in [0.15, 0.2) is 16.5 Å². The number of carbonyl (C=O) groups excluding carboxylic acids is 1. The van der Waals surface area contributed by atoms with Crippen molar-refractivity contribution in [2.24, 2.45) is 0 Å². The van der Waals surface area contributed by atoms with E-state index in [0.29, 0.717) is 18.5 Å². The summed E-state index contributed by atoms with van der Waals surface area (Å²) >= 11 is 0. The van der Waals surface area contributed by atoms with E-state index in [1.165, 1.54) is 0 Å². The normalized spacial score (nSPS) is 17.7. The van der Waals surface area contributed by atoms with Crippen LogP contribution in [0.1, 0.15) is 30.3 Å². The fourth-order valence-corrected chi connectivity index (χ4v) is 2.08. The Labute approximate surface area is 107 Å². The molecular formula is C13H20N2O3. The number of nitrogens with one attached hydrogen (secondary N) is 1. The summed E-state index contributed by atoms with van der Waals surface area (Å²) in [6, 6.07) is 3.85. The zero-order valence-corrected chi connectivity index (χ0v) is 10.9. The molecule has 1 aromatic heterocycles. The number of carbonyl (C=O) groups is 1. The van der Waals surface area contributed by atoms with Crippen LogP contribution >= 0.6 is 0 Å². The van der Waals surface area contributed by atoms with Crippen LogP contribution in [0.5, 0.6) is 0 Å². The van der Waals surface area contributed by atoms with Crippen LogP contribution in [0.2, 0.25) is 0 Å². The quantitative estimate of drug-likeness (QED) is 0.830. The number of hydrogen-bond acceptors (Lipinski definition) is 5. The van der Waals surface area contributed by atoms with Crippen molar-refractivity contribution in [3.05, 3.63) is 17.9 Å². The van der Waals surface area contributed by atoms with Crippen LogP contribution in [-0.2, 0) is 4.74 Å². The van der Waals surface area contributed by atoms with Crippen molar-refractivity contribution in [3.63, 3.8) is 0 Å². The minimum Gasteiger partial charge on any atom is -0.460 e. The van der Waals surface area contributed by atoms with Gasteiger partial charge in [-0.05, 0) is 46.0 Å². The van der Waals surface area contributed by atoms with Gasteiger partial charge in [-0.2, -0.15) is 0 Å². The molecule has 0 bridgehead atoms. The molecule has 0 unspecified atom stereocenters. The molecule has 2 heterocycles. The highest BCUT2D eigenvalue weighted by atomic mass is 16.5. The van der Waals surface area contributed by atoms with E-state index < -0.39 is 5.97 Å². The van der Waals surface area contributed by atoms with Crippen molar-refractivity contribution in [1.29, 1.82) is 0 Å². The first-order valence-electron chi connectivity index (χ1n) is 6.41. The Hall–Kier alpha value is -1.49. The Morgan fingerprint density at radius 1 is 1.50 bits per heavy atom. The summed E-state index contributed by atoms with van der Waals surface area (Å²) in [5.41, 5.74) is 0. The van der Waals surface area contributed by atoms with Crippen molar-refractivity contribution in [2.45, 2.75) is 25.8 Å². The number of likely N-dealkylation sites (tertiary alicyclic amines) is 1. The molecule has 0 radical (unpaired) electrons. The lowest BCUT2D eigenvalue weighted by Crippen LogP contribution is -2.36. The smallest absolute Gasteiger partial charge is 0.374 e. The number of furan rings is 1. The molecule has 0 aromatic carbocycles. The predicted octanol–water partition coefficient (Wildman–Crippen LogP) is 1.96. The highest BCUT2D eigenvalue weighted by Gasteiger charge is 2.18. The third-order valence-electron chi connectivity index (χ3n) is 3.15. The molecule has 0 spiro atoms. The first-order chi connectivity index (χ1) is 8.69. The van der Waals surface area contributed by atoms with Crippen LogP contribution in [0.25, 0.3) is 0 Å². The SMILES string of the molecule is CCOC(=O)c1ccc(NC2CCN(C)CC2)o1. The number of anilines is 1. The molecule has 1 fully saturated rings. The fourth-order valence-electron chi connectivity index (χ4n) is 2.08. The lowest BCUT2D eigenvalue weighted by molar-refractivity contribution is 0.0491. The molecular weight excluding hydrogens is 232 g/mol. The van der Waals surface area contributed by atoms with Crippen molar-refractivity contribution in [3.8, 4) is 0 Å². The van der Waals surface area contributed by atoms with E-state index in [1.54, 1.807) is 19.1 Å². The van der Waals surface area contributed by atoms with Gasteiger partial charge in [0, 0.05) is 12.1 Å². The Kier molecular flexibility index (Phi) is 4.25. The second-order valence-electron chi connectivity index (χ2n) is 4.61. The molecule has 1 N–H and O–H groups in total. The van der Waals surface area contributed by atoms with Gasteiger partial charge in [0.2, 0.25) is 5.76 Å². The van der Waals surface area contributed by atoms with E-state index >= 15 is 0 Å². The molecule has 1 aromatic rings. The lowest BCUT2D eigenvalue weighted by Gasteiger charge is -2.29. The molecule has 1 aliphatic rings. The van der Waals surface area contributed by atoms with Crippen molar-refractivity contribution < 1.29 is 13.9 Å². The van der Waals surface area contributed by atoms with E-state index in [4.69, 9.17) is 9.15 Å². The van der Waals surface area contributed by atoms with E-state index in [9.17, 15) is 4.79 Å². The number of ether oxygens (including phenoxy) is 1. The predicted molar refractivity (Wildman–Crippen MR) is 68.8 cm³/mol. The van der Waals surface area contributed by atoms with Gasteiger partial charge >= 0.3 is 5.97 Å². The second-order valence-corrected chi connectivity index (χ2v) is 4.61. The maximum absolute atomic E-state index is 11.4. The van der Waals surface area contributed by atoms with Gasteiger partial charge in [-0.3, -0.25) is 0 Å². The highest BCUT2D eigenvalue weighted by molar-refractivity contribution is 5.86. The fraction of sp³-hybridized carbons (Fsp3) is 0.615. The Morgan fingerprint density at radius 2 is 2.22 bits per heavy atom. The highest BCUT2D eigenvalue weighted by Crippen LogP contribution is 2.19. The summed E-state index contributed by atoms with van der Waals surface area (Å²) in [6.45, 7) is 4.31. The Bertz CT molecular complexity index is 395. The lowest BCUT2D eigenvalue weighted by atomic mass is 10.1. The molecule has 18 heavy (non-hydrogen) atoms. The maximum Gasteiger partial charge on any atom is 0.374 e. The topological polar surface area (TPSA) is 54.7 Å². The molecule has 5 nitrogen and oxygen atoms in total. The zero-order chi connectivity index (χ0) is 13.0. The number of nitrogens with zero attached hydrogens (tertiary/aromatic N) is 1. The molecule has 0 saturated carbocycles. The second kappa shape index (κ2) is 5.91. The van der Waals surface area contributed by atoms with Gasteiger partial charge in [-0.25, -0.2) is 4.79 Å². The van der Waals surface area contributed by atoms with Crippen molar-refractivity contribution >= 4 is 11.9 Å².